The first-order valence-corrected chi connectivity index (χ1v) is 6.16. The van der Waals surface area contributed by atoms with Gasteiger partial charge in [-0.05, 0) is 46.1 Å². The lowest BCUT2D eigenvalue weighted by atomic mass is 9.95. The number of rotatable bonds is 0. The molecule has 3 rings (SSSR count). The van der Waals surface area contributed by atoms with Crippen LogP contribution >= 0.6 is 0 Å². The molecule has 0 aromatic rings. The molecule has 0 aromatic carbocycles. The standard InChI is InChI=1S/C12H22N2O2/c1-12(2,3)16-11(15)14-8-9-4-5-10(14)7-13-6-9/h9-10,13H,4-8H2,1-3H3/t9-,10+/m1/s1. The van der Waals surface area contributed by atoms with Crippen LogP contribution in [0.15, 0.2) is 0 Å². The number of nitrogens with one attached hydrogen (secondary N) is 1. The summed E-state index contributed by atoms with van der Waals surface area (Å²) in [5.74, 6) is 0.603. The summed E-state index contributed by atoms with van der Waals surface area (Å²) < 4.78 is 5.44. The molecule has 3 aliphatic heterocycles. The molecule has 3 fully saturated rings. The van der Waals surface area contributed by atoms with Gasteiger partial charge in [0.1, 0.15) is 5.60 Å². The third-order valence-corrected chi connectivity index (χ3v) is 3.24. The van der Waals surface area contributed by atoms with Gasteiger partial charge in [-0.1, -0.05) is 0 Å². The van der Waals surface area contributed by atoms with Crippen LogP contribution in [0, 0.1) is 5.92 Å². The van der Waals surface area contributed by atoms with Crippen LogP contribution in [0.25, 0.3) is 0 Å². The summed E-state index contributed by atoms with van der Waals surface area (Å²) in [5.41, 5.74) is -0.393. The fourth-order valence-electron chi connectivity index (χ4n) is 2.48. The topological polar surface area (TPSA) is 41.6 Å². The zero-order chi connectivity index (χ0) is 11.8. The van der Waals surface area contributed by atoms with Crippen molar-refractivity contribution < 1.29 is 9.53 Å². The van der Waals surface area contributed by atoms with E-state index in [0.717, 1.165) is 26.1 Å². The number of carbonyl (C=O) groups excluding carboxylic acids is 1. The molecule has 3 saturated heterocycles. The molecule has 0 unspecified atom stereocenters. The maximum atomic E-state index is 12.0. The summed E-state index contributed by atoms with van der Waals surface area (Å²) in [6.07, 6.45) is 2.19. The Morgan fingerprint density at radius 1 is 1.31 bits per heavy atom. The number of hydrogen-bond donors (Lipinski definition) is 1. The van der Waals surface area contributed by atoms with E-state index < -0.39 is 5.60 Å². The van der Waals surface area contributed by atoms with Crippen molar-refractivity contribution in [3.05, 3.63) is 0 Å². The average molecular weight is 226 g/mol. The molecule has 3 aliphatic rings. The minimum absolute atomic E-state index is 0.147. The van der Waals surface area contributed by atoms with Crippen LogP contribution in [-0.2, 0) is 4.74 Å². The Labute approximate surface area is 97.3 Å². The Hall–Kier alpha value is -0.770. The van der Waals surface area contributed by atoms with Gasteiger partial charge in [-0.25, -0.2) is 4.79 Å². The van der Waals surface area contributed by atoms with Crippen LogP contribution < -0.4 is 5.32 Å². The lowest BCUT2D eigenvalue weighted by molar-refractivity contribution is 0.00801. The summed E-state index contributed by atoms with van der Waals surface area (Å²) in [6.45, 7) is 8.55. The Kier molecular flexibility index (Phi) is 3.10. The molecule has 92 valence electrons. The molecule has 1 N–H and O–H groups in total. The zero-order valence-electron chi connectivity index (χ0n) is 10.5. The highest BCUT2D eigenvalue weighted by Gasteiger charge is 2.36. The average Bonchev–Trinajstić information content (AvgIpc) is 2.48. The number of amides is 1. The second-order valence-corrected chi connectivity index (χ2v) is 5.89. The quantitative estimate of drug-likeness (QED) is 0.682. The smallest absolute Gasteiger partial charge is 0.410 e. The van der Waals surface area contributed by atoms with Gasteiger partial charge in [0.25, 0.3) is 0 Å². The number of hydrogen-bond acceptors (Lipinski definition) is 3. The molecule has 4 heteroatoms. The number of piperidine rings is 1. The largest absolute Gasteiger partial charge is 0.444 e. The van der Waals surface area contributed by atoms with Crippen molar-refractivity contribution in [2.45, 2.75) is 45.3 Å². The second kappa shape index (κ2) is 4.24. The van der Waals surface area contributed by atoms with Crippen molar-refractivity contribution in [2.24, 2.45) is 5.92 Å². The molecule has 3 heterocycles. The van der Waals surface area contributed by atoms with Crippen molar-refractivity contribution in [3.63, 3.8) is 0 Å². The van der Waals surface area contributed by atoms with Crippen molar-refractivity contribution in [1.82, 2.24) is 10.2 Å². The first-order chi connectivity index (χ1) is 7.46. The van der Waals surface area contributed by atoms with Crippen LogP contribution in [-0.4, -0.2) is 42.3 Å². The molecular formula is C12H22N2O2. The van der Waals surface area contributed by atoms with Crippen LogP contribution in [0.2, 0.25) is 0 Å². The van der Waals surface area contributed by atoms with E-state index in [2.05, 4.69) is 5.32 Å². The molecule has 0 spiro atoms. The molecule has 0 aromatic heterocycles. The van der Waals surface area contributed by atoms with E-state index in [-0.39, 0.29) is 6.09 Å². The molecule has 4 nitrogen and oxygen atoms in total. The molecule has 2 atom stereocenters. The second-order valence-electron chi connectivity index (χ2n) is 5.89. The molecule has 0 saturated carbocycles. The Balaban J connectivity index is 2.01. The van der Waals surface area contributed by atoms with Crippen molar-refractivity contribution >= 4 is 6.09 Å². The van der Waals surface area contributed by atoms with Crippen LogP contribution in [0.4, 0.5) is 4.79 Å². The van der Waals surface area contributed by atoms with Crippen molar-refractivity contribution in [3.8, 4) is 0 Å². The minimum atomic E-state index is -0.393. The highest BCUT2D eigenvalue weighted by Crippen LogP contribution is 2.25. The fraction of sp³-hybridized carbons (Fsp3) is 0.917. The van der Waals surface area contributed by atoms with E-state index in [4.69, 9.17) is 4.74 Å². The van der Waals surface area contributed by atoms with Crippen molar-refractivity contribution in [2.75, 3.05) is 19.6 Å². The normalized spacial score (nSPS) is 30.1. The summed E-state index contributed by atoms with van der Waals surface area (Å²) >= 11 is 0. The lowest BCUT2D eigenvalue weighted by Crippen LogP contribution is -2.49. The third kappa shape index (κ3) is 2.67. The Morgan fingerprint density at radius 3 is 2.75 bits per heavy atom. The number of fused-ring (bicyclic) bond motifs is 4. The first-order valence-electron chi connectivity index (χ1n) is 6.16. The molecule has 0 radical (unpaired) electrons. The highest BCUT2D eigenvalue weighted by molar-refractivity contribution is 5.68. The van der Waals surface area contributed by atoms with Gasteiger partial charge >= 0.3 is 6.09 Å². The lowest BCUT2D eigenvalue weighted by Gasteiger charge is -2.37. The molecule has 0 aliphatic carbocycles. The van der Waals surface area contributed by atoms with Gasteiger partial charge < -0.3 is 15.0 Å². The number of nitrogens with zero attached hydrogens (tertiary/aromatic N) is 1. The first kappa shape index (κ1) is 11.7. The van der Waals surface area contributed by atoms with Crippen LogP contribution in [0.1, 0.15) is 33.6 Å². The van der Waals surface area contributed by atoms with Gasteiger partial charge in [-0.15, -0.1) is 0 Å². The van der Waals surface area contributed by atoms with Gasteiger partial charge in [0.15, 0.2) is 0 Å². The van der Waals surface area contributed by atoms with E-state index >= 15 is 0 Å². The number of carbonyl (C=O) groups is 1. The van der Waals surface area contributed by atoms with Gasteiger partial charge in [0.05, 0.1) is 0 Å². The summed E-state index contributed by atoms with van der Waals surface area (Å²) in [5, 5.41) is 3.41. The predicted molar refractivity (Wildman–Crippen MR) is 62.3 cm³/mol. The van der Waals surface area contributed by atoms with Crippen LogP contribution in [0.5, 0.6) is 0 Å². The van der Waals surface area contributed by atoms with E-state index in [1.165, 1.54) is 6.42 Å². The molecule has 16 heavy (non-hydrogen) atoms. The van der Waals surface area contributed by atoms with Gasteiger partial charge in [0, 0.05) is 19.1 Å². The van der Waals surface area contributed by atoms with Crippen LogP contribution in [0.3, 0.4) is 0 Å². The molecular weight excluding hydrogens is 204 g/mol. The minimum Gasteiger partial charge on any atom is -0.444 e. The zero-order valence-corrected chi connectivity index (χ0v) is 10.5. The predicted octanol–water partition coefficient (Wildman–Crippen LogP) is 1.61. The Morgan fingerprint density at radius 2 is 2.06 bits per heavy atom. The van der Waals surface area contributed by atoms with E-state index in [0.29, 0.717) is 12.0 Å². The van der Waals surface area contributed by atoms with Crippen molar-refractivity contribution in [1.29, 1.82) is 0 Å². The van der Waals surface area contributed by atoms with E-state index in [9.17, 15) is 4.79 Å². The summed E-state index contributed by atoms with van der Waals surface area (Å²) in [7, 11) is 0. The monoisotopic (exact) mass is 226 g/mol. The third-order valence-electron chi connectivity index (χ3n) is 3.24. The molecule has 1 amide bonds. The highest BCUT2D eigenvalue weighted by atomic mass is 16.6. The number of ether oxygens (including phenoxy) is 1. The Bertz CT molecular complexity index is 269. The maximum absolute atomic E-state index is 12.0. The fourth-order valence-corrected chi connectivity index (χ4v) is 2.48. The van der Waals surface area contributed by atoms with E-state index in [1.54, 1.807) is 0 Å². The van der Waals surface area contributed by atoms with Gasteiger partial charge in [0.2, 0.25) is 0 Å². The summed E-state index contributed by atoms with van der Waals surface area (Å²) in [4.78, 5) is 13.9. The van der Waals surface area contributed by atoms with Gasteiger partial charge in [-0.3, -0.25) is 0 Å². The SMILES string of the molecule is CC(C)(C)OC(=O)N1C[C@@H]2CC[C@H]1CNC2. The molecule has 2 bridgehead atoms. The summed E-state index contributed by atoms with van der Waals surface area (Å²) in [6, 6.07) is 0.327. The maximum Gasteiger partial charge on any atom is 0.410 e. The van der Waals surface area contributed by atoms with E-state index in [1.807, 2.05) is 25.7 Å². The van der Waals surface area contributed by atoms with Gasteiger partial charge in [-0.2, -0.15) is 0 Å².